The summed E-state index contributed by atoms with van der Waals surface area (Å²) < 4.78 is 2.21. The van der Waals surface area contributed by atoms with Gasteiger partial charge in [-0.3, -0.25) is 0 Å². The molecule has 1 aromatic carbocycles. The van der Waals surface area contributed by atoms with Crippen LogP contribution in [0.3, 0.4) is 0 Å². The summed E-state index contributed by atoms with van der Waals surface area (Å²) in [5.41, 5.74) is 3.89. The van der Waals surface area contributed by atoms with Crippen molar-refractivity contribution >= 4 is 0 Å². The van der Waals surface area contributed by atoms with Crippen LogP contribution in [0.5, 0.6) is 0 Å². The zero-order valence-electron chi connectivity index (χ0n) is 11.2. The molecule has 0 bridgehead atoms. The molecule has 0 aliphatic rings. The highest BCUT2D eigenvalue weighted by Gasteiger charge is 2.00. The molecule has 0 unspecified atom stereocenters. The van der Waals surface area contributed by atoms with Gasteiger partial charge >= 0.3 is 0 Å². The maximum absolute atomic E-state index is 4.20. The number of nitrogens with one attached hydrogen (secondary N) is 1. The summed E-state index contributed by atoms with van der Waals surface area (Å²) in [4.78, 5) is 4.20. The Hall–Kier alpha value is -1.61. The van der Waals surface area contributed by atoms with Gasteiger partial charge in [0.2, 0.25) is 0 Å². The molecule has 3 heteroatoms. The van der Waals surface area contributed by atoms with Crippen molar-refractivity contribution in [3.8, 4) is 0 Å². The number of hydrogen-bond acceptors (Lipinski definition) is 2. The summed E-state index contributed by atoms with van der Waals surface area (Å²) in [6, 6.07) is 8.60. The lowest BCUT2D eigenvalue weighted by Crippen LogP contribution is -2.15. The van der Waals surface area contributed by atoms with Crippen LogP contribution in [0.25, 0.3) is 0 Å². The summed E-state index contributed by atoms with van der Waals surface area (Å²) in [6.45, 7) is 7.12. The van der Waals surface area contributed by atoms with Crippen molar-refractivity contribution in [3.63, 3.8) is 0 Å². The van der Waals surface area contributed by atoms with Crippen LogP contribution in [0, 0.1) is 6.92 Å². The lowest BCUT2D eigenvalue weighted by Gasteiger charge is -2.08. The van der Waals surface area contributed by atoms with E-state index in [0.717, 1.165) is 26.1 Å². The van der Waals surface area contributed by atoms with Crippen molar-refractivity contribution in [3.05, 3.63) is 53.6 Å². The second kappa shape index (κ2) is 6.36. The molecule has 0 saturated carbocycles. The third-order valence-corrected chi connectivity index (χ3v) is 2.98. The van der Waals surface area contributed by atoms with Crippen LogP contribution >= 0.6 is 0 Å². The molecular weight excluding hydrogens is 222 g/mol. The zero-order valence-corrected chi connectivity index (χ0v) is 11.2. The van der Waals surface area contributed by atoms with Gasteiger partial charge in [0, 0.05) is 25.8 Å². The van der Waals surface area contributed by atoms with Gasteiger partial charge < -0.3 is 9.88 Å². The summed E-state index contributed by atoms with van der Waals surface area (Å²) in [6.07, 6.45) is 4.99. The molecule has 0 aliphatic heterocycles. The highest BCUT2D eigenvalue weighted by molar-refractivity contribution is 5.22. The fraction of sp³-hybridized carbons (Fsp3) is 0.400. The number of aryl methyl sites for hydroxylation is 2. The first-order valence-electron chi connectivity index (χ1n) is 6.55. The van der Waals surface area contributed by atoms with E-state index in [-0.39, 0.29) is 0 Å². The van der Waals surface area contributed by atoms with Crippen molar-refractivity contribution in [1.82, 2.24) is 14.9 Å². The molecule has 0 aliphatic carbocycles. The molecule has 3 nitrogen and oxygen atoms in total. The Morgan fingerprint density at radius 2 is 2.17 bits per heavy atom. The average Bonchev–Trinajstić information content (AvgIpc) is 2.78. The summed E-state index contributed by atoms with van der Waals surface area (Å²) in [5.74, 6) is 0. The molecule has 0 amide bonds. The number of nitrogens with zero attached hydrogens (tertiary/aromatic N) is 2. The lowest BCUT2D eigenvalue weighted by atomic mass is 10.1. The van der Waals surface area contributed by atoms with Crippen molar-refractivity contribution in [2.75, 3.05) is 0 Å². The summed E-state index contributed by atoms with van der Waals surface area (Å²) >= 11 is 0. The summed E-state index contributed by atoms with van der Waals surface area (Å²) in [5, 5.41) is 3.47. The molecule has 1 heterocycles. The monoisotopic (exact) mass is 243 g/mol. The minimum atomic E-state index is 0.869. The second-order valence-electron chi connectivity index (χ2n) is 4.67. The quantitative estimate of drug-likeness (QED) is 0.845. The van der Waals surface area contributed by atoms with Crippen LogP contribution in [0.1, 0.15) is 30.2 Å². The topological polar surface area (TPSA) is 29.9 Å². The largest absolute Gasteiger partial charge is 0.333 e. The van der Waals surface area contributed by atoms with E-state index in [2.05, 4.69) is 53.0 Å². The van der Waals surface area contributed by atoms with Crippen molar-refractivity contribution in [2.24, 2.45) is 0 Å². The Morgan fingerprint density at radius 3 is 2.94 bits per heavy atom. The van der Waals surface area contributed by atoms with Gasteiger partial charge in [0.25, 0.3) is 0 Å². The predicted octanol–water partition coefficient (Wildman–Crippen LogP) is 2.89. The Kier molecular flexibility index (Phi) is 4.53. The highest BCUT2D eigenvalue weighted by atomic mass is 15.1. The van der Waals surface area contributed by atoms with E-state index >= 15 is 0 Å². The van der Waals surface area contributed by atoms with Gasteiger partial charge in [-0.15, -0.1) is 0 Å². The fourth-order valence-electron chi connectivity index (χ4n) is 2.09. The Balaban J connectivity index is 1.86. The molecule has 0 spiro atoms. The van der Waals surface area contributed by atoms with Crippen LogP contribution in [0.2, 0.25) is 0 Å². The average molecular weight is 243 g/mol. The maximum atomic E-state index is 4.20. The first-order valence-corrected chi connectivity index (χ1v) is 6.55. The second-order valence-corrected chi connectivity index (χ2v) is 4.67. The van der Waals surface area contributed by atoms with Crippen LogP contribution < -0.4 is 5.32 Å². The molecule has 18 heavy (non-hydrogen) atoms. The Bertz CT molecular complexity index is 488. The van der Waals surface area contributed by atoms with Gasteiger partial charge in [-0.25, -0.2) is 4.98 Å². The van der Waals surface area contributed by atoms with Crippen molar-refractivity contribution in [2.45, 2.75) is 39.9 Å². The molecule has 0 saturated heterocycles. The van der Waals surface area contributed by atoms with E-state index in [1.54, 1.807) is 0 Å². The van der Waals surface area contributed by atoms with Crippen LogP contribution in [-0.2, 0) is 19.6 Å². The van der Waals surface area contributed by atoms with Crippen LogP contribution in [-0.4, -0.2) is 9.55 Å². The van der Waals surface area contributed by atoms with E-state index < -0.39 is 0 Å². The predicted molar refractivity (Wildman–Crippen MR) is 74.2 cm³/mol. The van der Waals surface area contributed by atoms with Gasteiger partial charge in [-0.1, -0.05) is 36.8 Å². The van der Waals surface area contributed by atoms with Crippen LogP contribution in [0.15, 0.2) is 36.8 Å². The highest BCUT2D eigenvalue weighted by Crippen LogP contribution is 2.05. The van der Waals surface area contributed by atoms with Gasteiger partial charge in [-0.05, 0) is 18.9 Å². The van der Waals surface area contributed by atoms with Gasteiger partial charge in [0.15, 0.2) is 0 Å². The first-order chi connectivity index (χ1) is 8.79. The minimum absolute atomic E-state index is 0.869. The van der Waals surface area contributed by atoms with E-state index in [1.165, 1.54) is 16.8 Å². The van der Waals surface area contributed by atoms with E-state index in [9.17, 15) is 0 Å². The van der Waals surface area contributed by atoms with E-state index in [4.69, 9.17) is 0 Å². The van der Waals surface area contributed by atoms with Crippen LogP contribution in [0.4, 0.5) is 0 Å². The molecule has 2 rings (SSSR count). The third-order valence-electron chi connectivity index (χ3n) is 2.98. The van der Waals surface area contributed by atoms with E-state index in [1.807, 2.05) is 12.5 Å². The van der Waals surface area contributed by atoms with Crippen molar-refractivity contribution < 1.29 is 0 Å². The number of hydrogen-bond donors (Lipinski definition) is 1. The van der Waals surface area contributed by atoms with E-state index in [0.29, 0.717) is 0 Å². The smallest absolute Gasteiger partial charge is 0.0948 e. The molecule has 0 radical (unpaired) electrons. The lowest BCUT2D eigenvalue weighted by molar-refractivity contribution is 0.601. The van der Waals surface area contributed by atoms with Gasteiger partial charge in [0.05, 0.1) is 12.0 Å². The van der Waals surface area contributed by atoms with Crippen molar-refractivity contribution in [1.29, 1.82) is 0 Å². The molecule has 0 fully saturated rings. The number of aromatic nitrogens is 2. The Morgan fingerprint density at radius 1 is 1.28 bits per heavy atom. The first kappa shape index (κ1) is 12.8. The van der Waals surface area contributed by atoms with Gasteiger partial charge in [-0.2, -0.15) is 0 Å². The van der Waals surface area contributed by atoms with Gasteiger partial charge in [0.1, 0.15) is 0 Å². The number of imidazole rings is 1. The summed E-state index contributed by atoms with van der Waals surface area (Å²) in [7, 11) is 0. The molecule has 2 aromatic rings. The fourth-order valence-corrected chi connectivity index (χ4v) is 2.09. The molecule has 1 N–H and O–H groups in total. The standard InChI is InChI=1S/C15H21N3/c1-3-7-18-12-17-11-15(18)10-16-9-14-6-4-5-13(2)8-14/h4-6,8,11-12,16H,3,7,9-10H2,1-2H3. The number of benzene rings is 1. The molecule has 0 atom stereocenters. The Labute approximate surface area is 109 Å². The minimum Gasteiger partial charge on any atom is -0.333 e. The molecule has 1 aromatic heterocycles. The number of rotatable bonds is 6. The zero-order chi connectivity index (χ0) is 12.8. The normalized spacial score (nSPS) is 10.8. The molecular formula is C15H21N3. The third kappa shape index (κ3) is 3.44. The maximum Gasteiger partial charge on any atom is 0.0948 e. The molecule has 96 valence electrons. The SMILES string of the molecule is CCCn1cncc1CNCc1cccc(C)c1.